The molecule has 128 valence electrons. The van der Waals surface area contributed by atoms with E-state index in [9.17, 15) is 4.79 Å². The van der Waals surface area contributed by atoms with Crippen molar-refractivity contribution in [2.24, 2.45) is 0 Å². The lowest BCUT2D eigenvalue weighted by atomic mass is 10.1. The molecule has 0 saturated heterocycles. The van der Waals surface area contributed by atoms with Crippen LogP contribution < -0.4 is 4.90 Å². The molecule has 3 nitrogen and oxygen atoms in total. The van der Waals surface area contributed by atoms with E-state index >= 15 is 0 Å². The van der Waals surface area contributed by atoms with Crippen LogP contribution in [-0.4, -0.2) is 20.1 Å². The van der Waals surface area contributed by atoms with Crippen molar-refractivity contribution < 1.29 is 9.53 Å². The number of carbonyl (C=O) groups excluding carboxylic acids is 1. The molecular weight excluding hydrogens is 402 g/mol. The summed E-state index contributed by atoms with van der Waals surface area (Å²) < 4.78 is 6.37. The van der Waals surface area contributed by atoms with Crippen LogP contribution in [-0.2, 0) is 16.0 Å². The number of nitrogens with zero attached hydrogens (tertiary/aromatic N) is 1. The Bertz CT molecular complexity index is 870. The summed E-state index contributed by atoms with van der Waals surface area (Å²) in [5, 5.41) is 0.615. The SMILES string of the molecule is CN(C)c1ccc(/C=C2\C=C(Cc3ccc(Br)cc3)C(=O)O2)c(Cl)c1. The minimum absolute atomic E-state index is 0.310. The van der Waals surface area contributed by atoms with Crippen molar-refractivity contribution in [3.05, 3.63) is 80.5 Å². The second kappa shape index (κ2) is 7.46. The number of halogens is 2. The van der Waals surface area contributed by atoms with Crippen LogP contribution in [0, 0.1) is 0 Å². The quantitative estimate of drug-likeness (QED) is 0.636. The van der Waals surface area contributed by atoms with Gasteiger partial charge in [0.15, 0.2) is 0 Å². The second-order valence-corrected chi connectivity index (χ2v) is 7.33. The molecule has 0 aromatic heterocycles. The molecule has 0 aliphatic carbocycles. The maximum Gasteiger partial charge on any atom is 0.339 e. The monoisotopic (exact) mass is 417 g/mol. The Morgan fingerprint density at radius 1 is 1.16 bits per heavy atom. The van der Waals surface area contributed by atoms with Crippen molar-refractivity contribution in [2.45, 2.75) is 6.42 Å². The Morgan fingerprint density at radius 3 is 2.52 bits per heavy atom. The van der Waals surface area contributed by atoms with Gasteiger partial charge in [0.2, 0.25) is 0 Å². The first kappa shape index (κ1) is 17.8. The largest absolute Gasteiger partial charge is 0.423 e. The van der Waals surface area contributed by atoms with E-state index in [0.717, 1.165) is 21.3 Å². The Morgan fingerprint density at radius 2 is 1.88 bits per heavy atom. The van der Waals surface area contributed by atoms with E-state index in [4.69, 9.17) is 16.3 Å². The number of hydrogen-bond donors (Lipinski definition) is 0. The van der Waals surface area contributed by atoms with E-state index in [-0.39, 0.29) is 5.97 Å². The molecule has 25 heavy (non-hydrogen) atoms. The molecule has 0 radical (unpaired) electrons. The molecule has 5 heteroatoms. The first-order valence-electron chi connectivity index (χ1n) is 7.78. The van der Waals surface area contributed by atoms with Gasteiger partial charge in [-0.25, -0.2) is 4.79 Å². The van der Waals surface area contributed by atoms with Gasteiger partial charge in [-0.05, 0) is 47.5 Å². The third kappa shape index (κ3) is 4.33. The minimum atomic E-state index is -0.310. The Labute approximate surface area is 160 Å². The van der Waals surface area contributed by atoms with E-state index in [1.54, 1.807) is 12.2 Å². The first-order chi connectivity index (χ1) is 11.9. The molecule has 2 aromatic rings. The van der Waals surface area contributed by atoms with Crippen molar-refractivity contribution in [3.8, 4) is 0 Å². The lowest BCUT2D eigenvalue weighted by Gasteiger charge is -2.13. The van der Waals surface area contributed by atoms with Crippen LogP contribution >= 0.6 is 27.5 Å². The van der Waals surface area contributed by atoms with Gasteiger partial charge in [-0.2, -0.15) is 0 Å². The first-order valence-corrected chi connectivity index (χ1v) is 8.95. The highest BCUT2D eigenvalue weighted by molar-refractivity contribution is 9.10. The summed E-state index contributed by atoms with van der Waals surface area (Å²) in [6, 6.07) is 13.7. The standard InChI is InChI=1S/C20H17BrClNO2/c1-23(2)17-8-5-14(19(22)12-17)10-18-11-15(20(24)25-18)9-13-3-6-16(21)7-4-13/h3-8,10-12H,9H2,1-2H3/b18-10+. The van der Waals surface area contributed by atoms with Crippen molar-refractivity contribution >= 4 is 45.3 Å². The van der Waals surface area contributed by atoms with Crippen LogP contribution in [0.5, 0.6) is 0 Å². The van der Waals surface area contributed by atoms with E-state index in [1.165, 1.54) is 0 Å². The number of hydrogen-bond acceptors (Lipinski definition) is 3. The maximum atomic E-state index is 12.1. The molecule has 0 saturated carbocycles. The Balaban J connectivity index is 1.81. The number of rotatable bonds is 4. The molecule has 0 amide bonds. The molecule has 0 spiro atoms. The minimum Gasteiger partial charge on any atom is -0.423 e. The molecule has 0 unspecified atom stereocenters. The highest BCUT2D eigenvalue weighted by atomic mass is 79.9. The normalized spacial score (nSPS) is 15.3. The van der Waals surface area contributed by atoms with Gasteiger partial charge in [0.25, 0.3) is 0 Å². The predicted molar refractivity (Wildman–Crippen MR) is 106 cm³/mol. The number of esters is 1. The molecule has 1 aliphatic heterocycles. The molecular formula is C20H17BrClNO2. The fourth-order valence-corrected chi connectivity index (χ4v) is 3.01. The van der Waals surface area contributed by atoms with Gasteiger partial charge < -0.3 is 9.64 Å². The van der Waals surface area contributed by atoms with Gasteiger partial charge in [0.1, 0.15) is 5.76 Å². The summed E-state index contributed by atoms with van der Waals surface area (Å²) in [5.41, 5.74) is 3.52. The third-order valence-electron chi connectivity index (χ3n) is 3.90. The van der Waals surface area contributed by atoms with Gasteiger partial charge in [-0.1, -0.05) is 45.7 Å². The van der Waals surface area contributed by atoms with Gasteiger partial charge in [0, 0.05) is 41.3 Å². The fraction of sp³-hybridized carbons (Fsp3) is 0.150. The molecule has 3 rings (SSSR count). The molecule has 0 bridgehead atoms. The van der Waals surface area contributed by atoms with Crippen LogP contribution in [0.2, 0.25) is 5.02 Å². The number of benzene rings is 2. The molecule has 1 heterocycles. The number of carbonyl (C=O) groups is 1. The average molecular weight is 419 g/mol. The molecule has 0 atom stereocenters. The van der Waals surface area contributed by atoms with Crippen LogP contribution in [0.15, 0.2) is 64.3 Å². The summed E-state index contributed by atoms with van der Waals surface area (Å²) in [6.07, 6.45) is 4.10. The number of cyclic esters (lactones) is 1. The van der Waals surface area contributed by atoms with Crippen molar-refractivity contribution in [1.29, 1.82) is 0 Å². The molecule has 0 fully saturated rings. The smallest absolute Gasteiger partial charge is 0.339 e. The summed E-state index contributed by atoms with van der Waals surface area (Å²) >= 11 is 9.74. The van der Waals surface area contributed by atoms with Crippen LogP contribution in [0.3, 0.4) is 0 Å². The molecule has 0 N–H and O–H groups in total. The topological polar surface area (TPSA) is 29.5 Å². The van der Waals surface area contributed by atoms with Gasteiger partial charge in [0.05, 0.1) is 0 Å². The maximum absolute atomic E-state index is 12.1. The Hall–Kier alpha value is -2.04. The van der Waals surface area contributed by atoms with Crippen LogP contribution in [0.1, 0.15) is 11.1 Å². The van der Waals surface area contributed by atoms with Crippen LogP contribution in [0.25, 0.3) is 6.08 Å². The van der Waals surface area contributed by atoms with Gasteiger partial charge in [-0.15, -0.1) is 0 Å². The number of ether oxygens (including phenoxy) is 1. The fourth-order valence-electron chi connectivity index (χ4n) is 2.51. The van der Waals surface area contributed by atoms with E-state index in [2.05, 4.69) is 15.9 Å². The number of allylic oxidation sites excluding steroid dienone is 1. The summed E-state index contributed by atoms with van der Waals surface area (Å²) in [5.74, 6) is 0.201. The lowest BCUT2D eigenvalue weighted by molar-refractivity contribution is -0.133. The van der Waals surface area contributed by atoms with Crippen molar-refractivity contribution in [3.63, 3.8) is 0 Å². The third-order valence-corrected chi connectivity index (χ3v) is 4.75. The summed E-state index contributed by atoms with van der Waals surface area (Å²) in [7, 11) is 3.92. The highest BCUT2D eigenvalue weighted by Crippen LogP contribution is 2.28. The molecule has 1 aliphatic rings. The van der Waals surface area contributed by atoms with Crippen LogP contribution in [0.4, 0.5) is 5.69 Å². The zero-order chi connectivity index (χ0) is 18.0. The summed E-state index contributed by atoms with van der Waals surface area (Å²) in [6.45, 7) is 0. The lowest BCUT2D eigenvalue weighted by Crippen LogP contribution is -2.08. The number of anilines is 1. The Kier molecular flexibility index (Phi) is 5.30. The van der Waals surface area contributed by atoms with Gasteiger partial charge in [-0.3, -0.25) is 0 Å². The predicted octanol–water partition coefficient (Wildman–Crippen LogP) is 5.24. The zero-order valence-electron chi connectivity index (χ0n) is 13.9. The highest BCUT2D eigenvalue weighted by Gasteiger charge is 2.21. The van der Waals surface area contributed by atoms with E-state index in [1.807, 2.05) is 61.5 Å². The van der Waals surface area contributed by atoms with Crippen molar-refractivity contribution in [2.75, 3.05) is 19.0 Å². The van der Waals surface area contributed by atoms with Gasteiger partial charge >= 0.3 is 5.97 Å². The zero-order valence-corrected chi connectivity index (χ0v) is 16.3. The van der Waals surface area contributed by atoms with Crippen molar-refractivity contribution in [1.82, 2.24) is 0 Å². The molecule has 2 aromatic carbocycles. The van der Waals surface area contributed by atoms with E-state index in [0.29, 0.717) is 22.8 Å². The van der Waals surface area contributed by atoms with E-state index < -0.39 is 0 Å². The summed E-state index contributed by atoms with van der Waals surface area (Å²) in [4.78, 5) is 14.1. The average Bonchev–Trinajstić information content (AvgIpc) is 2.91. The second-order valence-electron chi connectivity index (χ2n) is 6.01.